The van der Waals surface area contributed by atoms with Crippen molar-refractivity contribution in [3.8, 4) is 0 Å². The number of hydrogen-bond donors (Lipinski definition) is 2. The van der Waals surface area contributed by atoms with Gasteiger partial charge in [-0.1, -0.05) is 0 Å². The third-order valence-electron chi connectivity index (χ3n) is 2.57. The number of pyridine rings is 1. The Morgan fingerprint density at radius 3 is 3.06 bits per heavy atom. The summed E-state index contributed by atoms with van der Waals surface area (Å²) in [5.41, 5.74) is 0.685. The van der Waals surface area contributed by atoms with Gasteiger partial charge in [0.15, 0.2) is 0 Å². The molecular formula is C11H13N3O2. The molecule has 2 N–H and O–H groups in total. The molecule has 0 spiro atoms. The van der Waals surface area contributed by atoms with Crippen LogP contribution in [0.15, 0.2) is 24.5 Å². The second-order valence-corrected chi connectivity index (χ2v) is 3.77. The average molecular weight is 219 g/mol. The highest BCUT2D eigenvalue weighted by molar-refractivity contribution is 5.93. The topological polar surface area (TPSA) is 71.1 Å². The van der Waals surface area contributed by atoms with E-state index in [1.54, 1.807) is 24.5 Å². The zero-order valence-corrected chi connectivity index (χ0v) is 8.77. The molecule has 0 aliphatic carbocycles. The van der Waals surface area contributed by atoms with Gasteiger partial charge in [0.2, 0.25) is 11.8 Å². The molecule has 1 aromatic rings. The lowest BCUT2D eigenvalue weighted by Crippen LogP contribution is -2.40. The number of nitrogens with one attached hydrogen (secondary N) is 2. The van der Waals surface area contributed by atoms with Crippen molar-refractivity contribution in [3.05, 3.63) is 24.5 Å². The molecule has 0 unspecified atom stereocenters. The molecule has 1 aliphatic rings. The molecule has 1 aromatic heterocycles. The molecular weight excluding hydrogens is 206 g/mol. The molecule has 84 valence electrons. The smallest absolute Gasteiger partial charge is 0.229 e. The third-order valence-corrected chi connectivity index (χ3v) is 2.57. The molecule has 2 heterocycles. The van der Waals surface area contributed by atoms with E-state index in [4.69, 9.17) is 0 Å². The standard InChI is InChI=1S/C11H13N3O2/c15-10-4-3-8(6-13-10)11(16)14-9-2-1-5-12-7-9/h1-2,5,7-8H,3-4,6H2,(H,13,15)(H,14,16)/t8-/m1/s1. The van der Waals surface area contributed by atoms with E-state index in [0.29, 0.717) is 25.1 Å². The monoisotopic (exact) mass is 219 g/mol. The van der Waals surface area contributed by atoms with E-state index in [1.165, 1.54) is 0 Å². The van der Waals surface area contributed by atoms with Crippen LogP contribution in [0.3, 0.4) is 0 Å². The van der Waals surface area contributed by atoms with Crippen molar-refractivity contribution in [1.29, 1.82) is 0 Å². The van der Waals surface area contributed by atoms with Crippen LogP contribution in [0.25, 0.3) is 0 Å². The zero-order valence-electron chi connectivity index (χ0n) is 8.77. The number of aromatic nitrogens is 1. The average Bonchev–Trinajstić information content (AvgIpc) is 2.31. The van der Waals surface area contributed by atoms with E-state index in [-0.39, 0.29) is 17.7 Å². The molecule has 0 aromatic carbocycles. The maximum Gasteiger partial charge on any atom is 0.229 e. The number of carbonyl (C=O) groups excluding carboxylic acids is 2. The van der Waals surface area contributed by atoms with Crippen LogP contribution in [-0.4, -0.2) is 23.3 Å². The van der Waals surface area contributed by atoms with Crippen LogP contribution in [0.1, 0.15) is 12.8 Å². The molecule has 2 amide bonds. The minimum Gasteiger partial charge on any atom is -0.355 e. The number of anilines is 1. The first-order valence-corrected chi connectivity index (χ1v) is 5.23. The van der Waals surface area contributed by atoms with Crippen molar-refractivity contribution in [1.82, 2.24) is 10.3 Å². The fourth-order valence-corrected chi connectivity index (χ4v) is 1.64. The first kappa shape index (κ1) is 10.6. The lowest BCUT2D eigenvalue weighted by atomic mass is 9.98. The Morgan fingerprint density at radius 2 is 2.44 bits per heavy atom. The normalized spacial score (nSPS) is 20.0. The predicted octanol–water partition coefficient (Wildman–Crippen LogP) is 0.546. The molecule has 1 aliphatic heterocycles. The molecule has 0 bridgehead atoms. The number of hydrogen-bond acceptors (Lipinski definition) is 3. The van der Waals surface area contributed by atoms with E-state index in [0.717, 1.165) is 0 Å². The molecule has 1 atom stereocenters. The molecule has 1 fully saturated rings. The van der Waals surface area contributed by atoms with E-state index < -0.39 is 0 Å². The molecule has 5 nitrogen and oxygen atoms in total. The summed E-state index contributed by atoms with van der Waals surface area (Å²) in [6, 6.07) is 3.55. The highest BCUT2D eigenvalue weighted by Gasteiger charge is 2.24. The number of piperidine rings is 1. The summed E-state index contributed by atoms with van der Waals surface area (Å²) in [6.45, 7) is 0.422. The Balaban J connectivity index is 1.91. The van der Waals surface area contributed by atoms with Gasteiger partial charge in [-0.25, -0.2) is 0 Å². The zero-order chi connectivity index (χ0) is 11.4. The van der Waals surface area contributed by atoms with Gasteiger partial charge in [0.1, 0.15) is 0 Å². The summed E-state index contributed by atoms with van der Waals surface area (Å²) >= 11 is 0. The van der Waals surface area contributed by atoms with Crippen molar-refractivity contribution < 1.29 is 9.59 Å². The van der Waals surface area contributed by atoms with Crippen LogP contribution in [0, 0.1) is 5.92 Å². The minimum absolute atomic E-state index is 0.0189. The Hall–Kier alpha value is -1.91. The first-order chi connectivity index (χ1) is 7.75. The quantitative estimate of drug-likeness (QED) is 0.762. The Bertz CT molecular complexity index is 381. The van der Waals surface area contributed by atoms with Crippen molar-refractivity contribution in [2.45, 2.75) is 12.8 Å². The van der Waals surface area contributed by atoms with Crippen molar-refractivity contribution in [2.75, 3.05) is 11.9 Å². The number of carbonyl (C=O) groups is 2. The van der Waals surface area contributed by atoms with E-state index >= 15 is 0 Å². The lowest BCUT2D eigenvalue weighted by Gasteiger charge is -2.21. The summed E-state index contributed by atoms with van der Waals surface area (Å²) in [5.74, 6) is -0.184. The predicted molar refractivity (Wildman–Crippen MR) is 58.6 cm³/mol. The van der Waals surface area contributed by atoms with Crippen LogP contribution < -0.4 is 10.6 Å². The van der Waals surface area contributed by atoms with Gasteiger partial charge in [0.25, 0.3) is 0 Å². The third kappa shape index (κ3) is 2.56. The lowest BCUT2D eigenvalue weighted by molar-refractivity contribution is -0.126. The van der Waals surface area contributed by atoms with Gasteiger partial charge in [0, 0.05) is 19.2 Å². The number of rotatable bonds is 2. The highest BCUT2D eigenvalue weighted by atomic mass is 16.2. The highest BCUT2D eigenvalue weighted by Crippen LogP contribution is 2.13. The molecule has 2 rings (SSSR count). The molecule has 5 heteroatoms. The SMILES string of the molecule is O=C1CC[C@@H](C(=O)Nc2cccnc2)CN1. The minimum atomic E-state index is -0.141. The van der Waals surface area contributed by atoms with E-state index in [2.05, 4.69) is 15.6 Å². The van der Waals surface area contributed by atoms with Crippen LogP contribution in [0.2, 0.25) is 0 Å². The summed E-state index contributed by atoms with van der Waals surface area (Å²) in [7, 11) is 0. The summed E-state index contributed by atoms with van der Waals surface area (Å²) in [6.07, 6.45) is 4.28. The maximum atomic E-state index is 11.8. The van der Waals surface area contributed by atoms with E-state index in [1.807, 2.05) is 0 Å². The van der Waals surface area contributed by atoms with Crippen LogP contribution >= 0.6 is 0 Å². The summed E-state index contributed by atoms with van der Waals surface area (Å²) in [4.78, 5) is 26.6. The molecule has 0 radical (unpaired) electrons. The first-order valence-electron chi connectivity index (χ1n) is 5.23. The largest absolute Gasteiger partial charge is 0.355 e. The van der Waals surface area contributed by atoms with Gasteiger partial charge in [-0.15, -0.1) is 0 Å². The van der Waals surface area contributed by atoms with Gasteiger partial charge in [0.05, 0.1) is 17.8 Å². The van der Waals surface area contributed by atoms with Crippen LogP contribution in [0.4, 0.5) is 5.69 Å². The number of amides is 2. The molecule has 16 heavy (non-hydrogen) atoms. The second-order valence-electron chi connectivity index (χ2n) is 3.77. The molecule has 1 saturated heterocycles. The Morgan fingerprint density at radius 1 is 1.56 bits per heavy atom. The van der Waals surface area contributed by atoms with Crippen LogP contribution in [0.5, 0.6) is 0 Å². The van der Waals surface area contributed by atoms with E-state index in [9.17, 15) is 9.59 Å². The van der Waals surface area contributed by atoms with Crippen molar-refractivity contribution >= 4 is 17.5 Å². The maximum absolute atomic E-state index is 11.8. The molecule has 0 saturated carbocycles. The fourth-order valence-electron chi connectivity index (χ4n) is 1.64. The fraction of sp³-hybridized carbons (Fsp3) is 0.364. The summed E-state index contributed by atoms with van der Waals surface area (Å²) in [5, 5.41) is 5.46. The van der Waals surface area contributed by atoms with Gasteiger partial charge in [-0.3, -0.25) is 14.6 Å². The Kier molecular flexibility index (Phi) is 3.14. The van der Waals surface area contributed by atoms with Crippen molar-refractivity contribution in [3.63, 3.8) is 0 Å². The second kappa shape index (κ2) is 4.74. The van der Waals surface area contributed by atoms with Gasteiger partial charge < -0.3 is 10.6 Å². The Labute approximate surface area is 93.3 Å². The number of nitrogens with zero attached hydrogens (tertiary/aromatic N) is 1. The van der Waals surface area contributed by atoms with Crippen molar-refractivity contribution in [2.24, 2.45) is 5.92 Å². The van der Waals surface area contributed by atoms with Gasteiger partial charge >= 0.3 is 0 Å². The van der Waals surface area contributed by atoms with Crippen LogP contribution in [-0.2, 0) is 9.59 Å². The van der Waals surface area contributed by atoms with Gasteiger partial charge in [-0.2, -0.15) is 0 Å². The summed E-state index contributed by atoms with van der Waals surface area (Å²) < 4.78 is 0. The van der Waals surface area contributed by atoms with Gasteiger partial charge in [-0.05, 0) is 18.6 Å².